The van der Waals surface area contributed by atoms with E-state index in [1.807, 2.05) is 0 Å². The molecule has 0 aliphatic rings. The molecule has 0 N–H and O–H groups in total. The summed E-state index contributed by atoms with van der Waals surface area (Å²) in [5.41, 5.74) is 0. The molecule has 0 aromatic heterocycles. The molecule has 0 aliphatic carbocycles. The van der Waals surface area contributed by atoms with Crippen molar-refractivity contribution in [2.75, 3.05) is 0 Å². The molecule has 1 nitrogen and oxygen atoms in total. The average molecular weight is 196 g/mol. The molecule has 10 heavy (non-hydrogen) atoms. The summed E-state index contributed by atoms with van der Waals surface area (Å²) in [5.74, 6) is 0. The van der Waals surface area contributed by atoms with Crippen molar-refractivity contribution in [2.24, 2.45) is 0 Å². The van der Waals surface area contributed by atoms with Gasteiger partial charge in [0.25, 0.3) is 0 Å². The first-order chi connectivity index (χ1) is 4.81. The molecule has 58 valence electrons. The van der Waals surface area contributed by atoms with Gasteiger partial charge in [-0.3, -0.25) is 0 Å². The van der Waals surface area contributed by atoms with Crippen LogP contribution in [0.5, 0.6) is 0 Å². The summed E-state index contributed by atoms with van der Waals surface area (Å²) in [6, 6.07) is 0. The Morgan fingerprint density at radius 2 is 1.40 bits per heavy atom. The van der Waals surface area contributed by atoms with E-state index >= 15 is 0 Å². The topological polar surface area (TPSA) is 17.1 Å². The SMILES string of the molecule is CCC[CH2][Zn](=[O])[CH2]CCC. The van der Waals surface area contributed by atoms with Crippen molar-refractivity contribution >= 4 is 0 Å². The van der Waals surface area contributed by atoms with Crippen LogP contribution < -0.4 is 0 Å². The molecule has 0 aromatic carbocycles. The molecule has 0 bridgehead atoms. The maximum atomic E-state index is 11.3. The van der Waals surface area contributed by atoms with Crippen molar-refractivity contribution in [3.63, 3.8) is 0 Å². The minimum atomic E-state index is -2.09. The number of hydrogen-bond acceptors (Lipinski definition) is 1. The van der Waals surface area contributed by atoms with Gasteiger partial charge >= 0.3 is 69.0 Å². The van der Waals surface area contributed by atoms with Crippen LogP contribution in [0.4, 0.5) is 0 Å². The van der Waals surface area contributed by atoms with Gasteiger partial charge in [-0.1, -0.05) is 0 Å². The average Bonchev–Trinajstić information content (AvgIpc) is 1.97. The Kier molecular flexibility index (Phi) is 7.85. The van der Waals surface area contributed by atoms with Gasteiger partial charge in [0.15, 0.2) is 0 Å². The van der Waals surface area contributed by atoms with Crippen LogP contribution in [0.15, 0.2) is 0 Å². The predicted molar refractivity (Wildman–Crippen MR) is 40.1 cm³/mol. The van der Waals surface area contributed by atoms with Crippen molar-refractivity contribution in [1.29, 1.82) is 0 Å². The molecule has 0 rings (SSSR count). The van der Waals surface area contributed by atoms with Gasteiger partial charge in [0.1, 0.15) is 0 Å². The maximum absolute atomic E-state index is 11.3. The van der Waals surface area contributed by atoms with E-state index in [9.17, 15) is 3.57 Å². The second-order valence-corrected chi connectivity index (χ2v) is 9.34. The Hall–Kier alpha value is 0.423. The van der Waals surface area contributed by atoms with Gasteiger partial charge in [-0.05, 0) is 0 Å². The van der Waals surface area contributed by atoms with E-state index in [-0.39, 0.29) is 0 Å². The monoisotopic (exact) mass is 194 g/mol. The van der Waals surface area contributed by atoms with Gasteiger partial charge in [0, 0.05) is 0 Å². The number of unbranched alkanes of at least 4 members (excludes halogenated alkanes) is 2. The summed E-state index contributed by atoms with van der Waals surface area (Å²) in [5, 5.41) is 2.19. The number of hydrogen-bond donors (Lipinski definition) is 0. The minimum absolute atomic E-state index is 1.09. The Bertz CT molecular complexity index is 81.3. The predicted octanol–water partition coefficient (Wildman–Crippen LogP) is 3.39. The van der Waals surface area contributed by atoms with Crippen molar-refractivity contribution in [3.05, 3.63) is 0 Å². The van der Waals surface area contributed by atoms with E-state index in [1.54, 1.807) is 0 Å². The van der Waals surface area contributed by atoms with E-state index in [2.05, 4.69) is 13.8 Å². The molecule has 0 heterocycles. The molecule has 0 radical (unpaired) electrons. The molecule has 0 unspecified atom stereocenters. The van der Waals surface area contributed by atoms with E-state index in [1.165, 1.54) is 25.7 Å². The summed E-state index contributed by atoms with van der Waals surface area (Å²) in [7, 11) is 0. The quantitative estimate of drug-likeness (QED) is 0.594. The molecule has 0 amide bonds. The second kappa shape index (κ2) is 7.53. The van der Waals surface area contributed by atoms with Crippen LogP contribution in [0.3, 0.4) is 0 Å². The molecule has 2 heteroatoms. The van der Waals surface area contributed by atoms with Crippen LogP contribution in [-0.2, 0) is 19.5 Å². The van der Waals surface area contributed by atoms with Crippen molar-refractivity contribution in [3.8, 4) is 0 Å². The summed E-state index contributed by atoms with van der Waals surface area (Å²) in [6.07, 6.45) is 4.82. The van der Waals surface area contributed by atoms with Crippen molar-refractivity contribution in [1.82, 2.24) is 0 Å². The standard InChI is InChI=1S/2C4H9.O.Zn/c2*1-3-4-2;;/h2*1,3-4H2,2H3;;. The van der Waals surface area contributed by atoms with Gasteiger partial charge in [-0.25, -0.2) is 0 Å². The van der Waals surface area contributed by atoms with E-state index in [0.29, 0.717) is 0 Å². The Morgan fingerprint density at radius 3 is 1.70 bits per heavy atom. The third-order valence-electron chi connectivity index (χ3n) is 2.00. The Balaban J connectivity index is 3.09. The van der Waals surface area contributed by atoms with Crippen LogP contribution in [0, 0.1) is 0 Å². The first kappa shape index (κ1) is 10.4. The van der Waals surface area contributed by atoms with E-state index in [4.69, 9.17) is 0 Å². The molecule has 0 atom stereocenters. The molecular weight excluding hydrogens is 177 g/mol. The summed E-state index contributed by atoms with van der Waals surface area (Å²) >= 11 is -2.09. The third-order valence-corrected chi connectivity index (χ3v) is 7.40. The third kappa shape index (κ3) is 6.54. The van der Waals surface area contributed by atoms with Crippen LogP contribution in [0.2, 0.25) is 10.0 Å². The van der Waals surface area contributed by atoms with Crippen LogP contribution in [0.25, 0.3) is 0 Å². The molecular formula is C8H18OZn. The first-order valence-electron chi connectivity index (χ1n) is 4.70. The van der Waals surface area contributed by atoms with Crippen LogP contribution >= 0.6 is 0 Å². The molecule has 0 aliphatic heterocycles. The number of rotatable bonds is 6. The molecule has 0 fully saturated rings. The zero-order valence-electron chi connectivity index (χ0n) is 7.36. The van der Waals surface area contributed by atoms with Gasteiger partial charge in [0.05, 0.1) is 0 Å². The van der Waals surface area contributed by atoms with Gasteiger partial charge in [-0.15, -0.1) is 0 Å². The summed E-state index contributed by atoms with van der Waals surface area (Å²) in [4.78, 5) is 0. The van der Waals surface area contributed by atoms with Crippen molar-refractivity contribution < 1.29 is 19.5 Å². The molecule has 0 saturated heterocycles. The van der Waals surface area contributed by atoms with Gasteiger partial charge in [0.2, 0.25) is 0 Å². The Morgan fingerprint density at radius 1 is 1.00 bits per heavy atom. The fraction of sp³-hybridized carbons (Fsp3) is 1.00. The molecule has 0 spiro atoms. The Labute approximate surface area is 69.4 Å². The van der Waals surface area contributed by atoms with Crippen LogP contribution in [-0.4, -0.2) is 0 Å². The first-order valence-corrected chi connectivity index (χ1v) is 10.1. The molecule has 0 saturated carbocycles. The normalized spacial score (nSPS) is 8.90. The van der Waals surface area contributed by atoms with Crippen LogP contribution in [0.1, 0.15) is 39.5 Å². The molecule has 0 aromatic rings. The van der Waals surface area contributed by atoms with E-state index < -0.39 is 15.9 Å². The van der Waals surface area contributed by atoms with E-state index in [0.717, 1.165) is 10.0 Å². The summed E-state index contributed by atoms with van der Waals surface area (Å²) in [6.45, 7) is 4.33. The van der Waals surface area contributed by atoms with Gasteiger partial charge in [-0.2, -0.15) is 0 Å². The fourth-order valence-corrected chi connectivity index (χ4v) is 6.41. The zero-order chi connectivity index (χ0) is 7.82. The summed E-state index contributed by atoms with van der Waals surface area (Å²) < 4.78 is 11.3. The zero-order valence-corrected chi connectivity index (χ0v) is 10.3. The van der Waals surface area contributed by atoms with Crippen molar-refractivity contribution in [2.45, 2.75) is 49.6 Å². The second-order valence-electron chi connectivity index (χ2n) is 3.18. The fourth-order valence-electron chi connectivity index (χ4n) is 1.23. The van der Waals surface area contributed by atoms with Gasteiger partial charge < -0.3 is 0 Å².